The molecule has 3 fully saturated rings. The number of fused-ring (bicyclic) bond motifs is 7. The number of piperazine rings is 1. The van der Waals surface area contributed by atoms with Gasteiger partial charge in [0.2, 0.25) is 12.0 Å². The Balaban J connectivity index is 0.968. The number of hydrogen-bond donors (Lipinski definition) is 1. The lowest BCUT2D eigenvalue weighted by Crippen LogP contribution is -2.49. The van der Waals surface area contributed by atoms with Crippen LogP contribution in [0.5, 0.6) is 23.1 Å². The Labute approximate surface area is 437 Å². The molecule has 11 rings (SSSR count). The van der Waals surface area contributed by atoms with Crippen LogP contribution in [0.3, 0.4) is 0 Å². The predicted molar refractivity (Wildman–Crippen MR) is 276 cm³/mol. The van der Waals surface area contributed by atoms with Crippen molar-refractivity contribution in [1.29, 1.82) is 0 Å². The van der Waals surface area contributed by atoms with Crippen molar-refractivity contribution in [2.75, 3.05) is 79.4 Å². The summed E-state index contributed by atoms with van der Waals surface area (Å²) >= 11 is 16.0. The largest absolute Gasteiger partial charge is 0.490 e. The lowest BCUT2D eigenvalue weighted by Gasteiger charge is -2.35. The number of nitrogens with zero attached hydrogens (tertiary/aromatic N) is 6. The lowest BCUT2D eigenvalue weighted by atomic mass is 9.82. The molecule has 0 amide bonds. The highest BCUT2D eigenvalue weighted by molar-refractivity contribution is 7.22. The Morgan fingerprint density at radius 2 is 1.67 bits per heavy atom. The van der Waals surface area contributed by atoms with Crippen molar-refractivity contribution in [3.63, 3.8) is 0 Å². The minimum Gasteiger partial charge on any atom is -0.490 e. The fourth-order valence-corrected chi connectivity index (χ4v) is 11.8. The van der Waals surface area contributed by atoms with Crippen molar-refractivity contribution in [2.45, 2.75) is 76.8 Å². The second-order valence-electron chi connectivity index (χ2n) is 19.3. The summed E-state index contributed by atoms with van der Waals surface area (Å²) in [5.74, 6) is 1.10. The number of rotatable bonds is 12. The SMILES string of the molecule is Cc1c(Cl)c2c(Cl)c(C)c1-c1c(-c3ccc(F)cc3)sc3ncnc(c13)O[C@@H](C(=O)O)Cc1cc(ccc1OCc1ccnc(C3CCC(COC[C@H]4COCCO4)CC3)n1)OCC(CN1CCN(C)CC1)O2. The van der Waals surface area contributed by atoms with Crippen molar-refractivity contribution in [3.8, 4) is 44.7 Å². The second-order valence-corrected chi connectivity index (χ2v) is 21.1. The molecule has 15 nitrogen and oxygen atoms in total. The molecule has 19 heteroatoms. The number of carboxylic acids is 1. The number of carbonyl (C=O) groups is 1. The van der Waals surface area contributed by atoms with E-state index in [1.54, 1.807) is 36.5 Å². The maximum Gasteiger partial charge on any atom is 0.345 e. The molecule has 7 heterocycles. The average molecular weight is 1060 g/mol. The number of aliphatic carboxylic acids is 1. The predicted octanol–water partition coefficient (Wildman–Crippen LogP) is 9.62. The fourth-order valence-electron chi connectivity index (χ4n) is 10.1. The van der Waals surface area contributed by atoms with Gasteiger partial charge in [-0.25, -0.2) is 29.1 Å². The smallest absolute Gasteiger partial charge is 0.345 e. The number of ether oxygens (including phenoxy) is 7. The van der Waals surface area contributed by atoms with Crippen molar-refractivity contribution in [1.82, 2.24) is 29.7 Å². The Kier molecular flexibility index (Phi) is 16.2. The van der Waals surface area contributed by atoms with Gasteiger partial charge in [0.15, 0.2) is 5.75 Å². The number of likely N-dealkylation sites (N-methyl/N-ethyl adjacent to an activating group) is 1. The number of hydrogen-bond acceptors (Lipinski definition) is 15. The normalized spacial score (nSPS) is 22.0. The van der Waals surface area contributed by atoms with Crippen molar-refractivity contribution < 1.29 is 47.4 Å². The zero-order chi connectivity index (χ0) is 50.6. The minimum atomic E-state index is -1.46. The highest BCUT2D eigenvalue weighted by Gasteiger charge is 2.33. The van der Waals surface area contributed by atoms with Gasteiger partial charge in [0.05, 0.1) is 47.6 Å². The highest BCUT2D eigenvalue weighted by Crippen LogP contribution is 2.53. The van der Waals surface area contributed by atoms with Gasteiger partial charge in [-0.05, 0) is 111 Å². The maximum atomic E-state index is 14.4. The van der Waals surface area contributed by atoms with Crippen LogP contribution in [0, 0.1) is 25.6 Å². The summed E-state index contributed by atoms with van der Waals surface area (Å²) in [6.45, 7) is 11.0. The number of thiophene rings is 1. The van der Waals surface area contributed by atoms with Gasteiger partial charge in [0, 0.05) is 73.9 Å². The molecule has 4 bridgehead atoms. The first-order chi connectivity index (χ1) is 35.4. The third kappa shape index (κ3) is 11.8. The van der Waals surface area contributed by atoms with Crippen LogP contribution in [0.25, 0.3) is 31.8 Å². The van der Waals surface area contributed by atoms with E-state index in [2.05, 4.69) is 31.8 Å². The topological polar surface area (TPSA) is 160 Å². The Hall–Kier alpha value is -5.24. The summed E-state index contributed by atoms with van der Waals surface area (Å²) in [4.78, 5) is 38.1. The molecule has 1 saturated carbocycles. The van der Waals surface area contributed by atoms with Crippen LogP contribution in [-0.4, -0.2) is 139 Å². The van der Waals surface area contributed by atoms with Gasteiger partial charge in [-0.3, -0.25) is 4.90 Å². The molecule has 3 atom stereocenters. The highest BCUT2D eigenvalue weighted by atomic mass is 35.5. The fraction of sp³-hybridized carbons (Fsp3) is 0.463. The summed E-state index contributed by atoms with van der Waals surface area (Å²) in [6.07, 6.45) is 4.92. The molecular formula is C54H59Cl2FN6O9S. The number of benzene rings is 3. The second kappa shape index (κ2) is 23.1. The van der Waals surface area contributed by atoms with Crippen molar-refractivity contribution >= 4 is 50.7 Å². The summed E-state index contributed by atoms with van der Waals surface area (Å²) in [6, 6.07) is 13.3. The standard InChI is InChI=1S/C54H59Cl2FN6O9S/c1-31-44-32(2)48(56)49(47(31)55)71-40(24-63-18-16-62(3)17-19-63)29-69-39-12-13-42(70-26-38-14-15-58-51(61-38)35-6-4-33(5-7-35)25-67-28-41-27-66-20-21-68-41)36(22-39)23-43(54(64)65)72-52-46-45(44)50(73-53(46)60-30-59-52)34-8-10-37(57)11-9-34/h8-15,22,30,33,35,40-41,43H,4-7,16-21,23-29H2,1-3H3,(H,64,65)/t33?,35?,40?,41-,43-/m1/s1. The first-order valence-electron chi connectivity index (χ1n) is 24.9. The van der Waals surface area contributed by atoms with E-state index >= 15 is 0 Å². The molecule has 5 aliphatic rings. The molecule has 1 aliphatic carbocycles. The molecule has 1 N–H and O–H groups in total. The summed E-state index contributed by atoms with van der Waals surface area (Å²) < 4.78 is 58.2. The van der Waals surface area contributed by atoms with Crippen LogP contribution >= 0.6 is 34.5 Å². The molecule has 0 radical (unpaired) electrons. The summed E-state index contributed by atoms with van der Waals surface area (Å²) in [5.41, 5.74) is 4.51. The van der Waals surface area contributed by atoms with Crippen LogP contribution in [0.15, 0.2) is 61.1 Å². The molecular weight excluding hydrogens is 999 g/mol. The minimum absolute atomic E-state index is 0.00415. The van der Waals surface area contributed by atoms with E-state index < -0.39 is 24.0 Å². The average Bonchev–Trinajstić information content (AvgIpc) is 3.79. The van der Waals surface area contributed by atoms with Crippen molar-refractivity contribution in [2.24, 2.45) is 5.92 Å². The van der Waals surface area contributed by atoms with E-state index in [4.69, 9.17) is 61.3 Å². The third-order valence-corrected chi connectivity index (χ3v) is 16.3. The van der Waals surface area contributed by atoms with E-state index in [1.165, 1.54) is 29.8 Å². The van der Waals surface area contributed by atoms with Gasteiger partial charge in [0.25, 0.3) is 0 Å². The molecule has 2 saturated heterocycles. The molecule has 1 unspecified atom stereocenters. The molecule has 0 spiro atoms. The van der Waals surface area contributed by atoms with E-state index in [-0.39, 0.29) is 37.5 Å². The van der Waals surface area contributed by atoms with E-state index in [1.807, 2.05) is 19.9 Å². The molecule has 4 aliphatic heterocycles. The van der Waals surface area contributed by atoms with Crippen LogP contribution < -0.4 is 18.9 Å². The van der Waals surface area contributed by atoms with Gasteiger partial charge < -0.3 is 43.2 Å². The van der Waals surface area contributed by atoms with E-state index in [0.29, 0.717) is 127 Å². The first-order valence-corrected chi connectivity index (χ1v) is 26.5. The Morgan fingerprint density at radius 3 is 2.41 bits per heavy atom. The zero-order valence-electron chi connectivity index (χ0n) is 41.1. The molecule has 3 aromatic heterocycles. The van der Waals surface area contributed by atoms with Crippen LogP contribution in [0.4, 0.5) is 4.39 Å². The third-order valence-electron chi connectivity index (χ3n) is 14.2. The number of carboxylic acid groups (broad SMARTS) is 1. The van der Waals surface area contributed by atoms with E-state index in [9.17, 15) is 14.3 Å². The summed E-state index contributed by atoms with van der Waals surface area (Å²) in [5, 5.41) is 12.0. The first kappa shape index (κ1) is 51.3. The van der Waals surface area contributed by atoms with Crippen LogP contribution in [0.1, 0.15) is 59.8 Å². The lowest BCUT2D eigenvalue weighted by molar-refractivity contribution is -0.145. The van der Waals surface area contributed by atoms with Gasteiger partial charge in [-0.1, -0.05) is 35.3 Å². The van der Waals surface area contributed by atoms with Crippen LogP contribution in [0.2, 0.25) is 10.0 Å². The number of halogens is 3. The molecule has 3 aromatic carbocycles. The van der Waals surface area contributed by atoms with Gasteiger partial charge in [0.1, 0.15) is 59.7 Å². The zero-order valence-corrected chi connectivity index (χ0v) is 43.4. The van der Waals surface area contributed by atoms with Gasteiger partial charge in [-0.2, -0.15) is 0 Å². The van der Waals surface area contributed by atoms with Crippen molar-refractivity contribution in [3.05, 3.63) is 105 Å². The summed E-state index contributed by atoms with van der Waals surface area (Å²) in [7, 11) is 2.11. The van der Waals surface area contributed by atoms with Gasteiger partial charge >= 0.3 is 5.97 Å². The quantitative estimate of drug-likeness (QED) is 0.123. The Bertz CT molecular complexity index is 2880. The monoisotopic (exact) mass is 1060 g/mol. The number of aromatic nitrogens is 4. The van der Waals surface area contributed by atoms with Crippen LogP contribution in [-0.2, 0) is 32.0 Å². The molecule has 73 heavy (non-hydrogen) atoms. The Morgan fingerprint density at radius 1 is 0.890 bits per heavy atom. The maximum absolute atomic E-state index is 14.4. The van der Waals surface area contributed by atoms with Gasteiger partial charge in [-0.15, -0.1) is 11.3 Å². The molecule has 6 aromatic rings. The molecule has 386 valence electrons. The van der Waals surface area contributed by atoms with E-state index in [0.717, 1.165) is 57.7 Å².